The Kier molecular flexibility index (Phi) is 6.76. The number of amides is 1. The number of rotatable bonds is 7. The highest BCUT2D eigenvalue weighted by Gasteiger charge is 2.33. The standard InChI is InChI=1S/C14H25NO3/c1-2-3-10-15-13(17)18-12-14(9-11-16)7-5-4-6-8-14/h11H,2-10,12H2,1H3,(H,15,17). The second-order valence-corrected chi connectivity index (χ2v) is 5.29. The number of hydrogen-bond acceptors (Lipinski definition) is 3. The third kappa shape index (κ3) is 5.07. The quantitative estimate of drug-likeness (QED) is 0.562. The molecule has 0 aromatic heterocycles. The van der Waals surface area contributed by atoms with Crippen molar-refractivity contribution in [3.05, 3.63) is 0 Å². The van der Waals surface area contributed by atoms with Gasteiger partial charge >= 0.3 is 6.09 Å². The molecule has 0 bridgehead atoms. The zero-order valence-corrected chi connectivity index (χ0v) is 11.4. The molecule has 1 aliphatic rings. The lowest BCUT2D eigenvalue weighted by molar-refractivity contribution is -0.111. The lowest BCUT2D eigenvalue weighted by atomic mass is 9.73. The molecule has 4 nitrogen and oxygen atoms in total. The van der Waals surface area contributed by atoms with Gasteiger partial charge in [-0.1, -0.05) is 32.6 Å². The first kappa shape index (κ1) is 15.0. The van der Waals surface area contributed by atoms with E-state index in [0.717, 1.165) is 44.8 Å². The molecule has 0 aromatic carbocycles. The van der Waals surface area contributed by atoms with Gasteiger partial charge in [-0.3, -0.25) is 0 Å². The number of nitrogens with one attached hydrogen (secondary N) is 1. The highest BCUT2D eigenvalue weighted by Crippen LogP contribution is 2.38. The first-order valence-electron chi connectivity index (χ1n) is 7.07. The summed E-state index contributed by atoms with van der Waals surface area (Å²) in [6.07, 6.45) is 8.62. The van der Waals surface area contributed by atoms with Crippen molar-refractivity contribution in [1.29, 1.82) is 0 Å². The van der Waals surface area contributed by atoms with Gasteiger partial charge in [0.1, 0.15) is 6.29 Å². The topological polar surface area (TPSA) is 55.4 Å². The summed E-state index contributed by atoms with van der Waals surface area (Å²) in [5.74, 6) is 0. The maximum absolute atomic E-state index is 11.5. The van der Waals surface area contributed by atoms with E-state index in [9.17, 15) is 9.59 Å². The Hall–Kier alpha value is -1.06. The van der Waals surface area contributed by atoms with E-state index < -0.39 is 0 Å². The van der Waals surface area contributed by atoms with Crippen molar-refractivity contribution in [2.75, 3.05) is 13.2 Å². The van der Waals surface area contributed by atoms with Gasteiger partial charge < -0.3 is 14.8 Å². The molecule has 1 saturated carbocycles. The predicted octanol–water partition coefficient (Wildman–Crippen LogP) is 3.05. The van der Waals surface area contributed by atoms with Crippen molar-refractivity contribution in [1.82, 2.24) is 5.32 Å². The van der Waals surface area contributed by atoms with E-state index in [1.54, 1.807) is 0 Å². The van der Waals surface area contributed by atoms with Crippen LogP contribution in [0.2, 0.25) is 0 Å². The summed E-state index contributed by atoms with van der Waals surface area (Å²) >= 11 is 0. The second kappa shape index (κ2) is 8.11. The van der Waals surface area contributed by atoms with Crippen LogP contribution in [0.3, 0.4) is 0 Å². The smallest absolute Gasteiger partial charge is 0.407 e. The number of unbranched alkanes of at least 4 members (excludes halogenated alkanes) is 1. The lowest BCUT2D eigenvalue weighted by Gasteiger charge is -2.35. The van der Waals surface area contributed by atoms with Crippen LogP contribution in [0.4, 0.5) is 4.79 Å². The molecule has 1 N–H and O–H groups in total. The highest BCUT2D eigenvalue weighted by molar-refractivity contribution is 5.67. The molecular formula is C14H25NO3. The minimum absolute atomic E-state index is 0.0951. The normalized spacial score (nSPS) is 18.1. The zero-order valence-electron chi connectivity index (χ0n) is 11.4. The summed E-state index contributed by atoms with van der Waals surface area (Å²) in [4.78, 5) is 22.3. The van der Waals surface area contributed by atoms with E-state index in [0.29, 0.717) is 19.6 Å². The van der Waals surface area contributed by atoms with Crippen LogP contribution in [0.25, 0.3) is 0 Å². The van der Waals surface area contributed by atoms with Gasteiger partial charge in [-0.15, -0.1) is 0 Å². The average Bonchev–Trinajstić information content (AvgIpc) is 2.38. The SMILES string of the molecule is CCCCNC(=O)OCC1(CC=O)CCCCC1. The molecule has 104 valence electrons. The molecular weight excluding hydrogens is 230 g/mol. The number of ether oxygens (including phenoxy) is 1. The van der Waals surface area contributed by atoms with Gasteiger partial charge in [0.05, 0.1) is 6.61 Å². The van der Waals surface area contributed by atoms with Gasteiger partial charge in [0, 0.05) is 18.4 Å². The number of hydrogen-bond donors (Lipinski definition) is 1. The van der Waals surface area contributed by atoms with Crippen molar-refractivity contribution in [3.63, 3.8) is 0 Å². The van der Waals surface area contributed by atoms with Crippen LogP contribution in [0.1, 0.15) is 58.3 Å². The average molecular weight is 255 g/mol. The van der Waals surface area contributed by atoms with Crippen molar-refractivity contribution in [2.24, 2.45) is 5.41 Å². The van der Waals surface area contributed by atoms with Crippen molar-refractivity contribution in [3.8, 4) is 0 Å². The Morgan fingerprint density at radius 1 is 1.33 bits per heavy atom. The lowest BCUT2D eigenvalue weighted by Crippen LogP contribution is -2.34. The predicted molar refractivity (Wildman–Crippen MR) is 70.5 cm³/mol. The van der Waals surface area contributed by atoms with E-state index in [1.165, 1.54) is 6.42 Å². The summed E-state index contributed by atoms with van der Waals surface area (Å²) in [6, 6.07) is 0. The molecule has 1 fully saturated rings. The molecule has 1 amide bonds. The van der Waals surface area contributed by atoms with Crippen LogP contribution in [-0.4, -0.2) is 25.5 Å². The van der Waals surface area contributed by atoms with Crippen LogP contribution in [0.15, 0.2) is 0 Å². The highest BCUT2D eigenvalue weighted by atomic mass is 16.5. The van der Waals surface area contributed by atoms with E-state index in [2.05, 4.69) is 12.2 Å². The van der Waals surface area contributed by atoms with Crippen molar-refractivity contribution >= 4 is 12.4 Å². The molecule has 0 saturated heterocycles. The van der Waals surface area contributed by atoms with Crippen LogP contribution in [0, 0.1) is 5.41 Å². The number of carbonyl (C=O) groups excluding carboxylic acids is 2. The fourth-order valence-corrected chi connectivity index (χ4v) is 2.52. The largest absolute Gasteiger partial charge is 0.449 e. The Bertz CT molecular complexity index is 260. The molecule has 0 radical (unpaired) electrons. The number of carbonyl (C=O) groups is 2. The van der Waals surface area contributed by atoms with E-state index >= 15 is 0 Å². The van der Waals surface area contributed by atoms with Crippen LogP contribution >= 0.6 is 0 Å². The molecule has 4 heteroatoms. The van der Waals surface area contributed by atoms with E-state index in [-0.39, 0.29) is 11.5 Å². The fraction of sp³-hybridized carbons (Fsp3) is 0.857. The molecule has 0 aromatic rings. The zero-order chi connectivity index (χ0) is 13.3. The molecule has 0 aliphatic heterocycles. The van der Waals surface area contributed by atoms with Crippen molar-refractivity contribution in [2.45, 2.75) is 58.3 Å². The van der Waals surface area contributed by atoms with Gasteiger partial charge in [0.25, 0.3) is 0 Å². The minimum atomic E-state index is -0.348. The number of alkyl carbamates (subject to hydrolysis) is 1. The maximum Gasteiger partial charge on any atom is 0.407 e. The Balaban J connectivity index is 2.32. The molecule has 0 atom stereocenters. The van der Waals surface area contributed by atoms with Gasteiger partial charge in [0.2, 0.25) is 0 Å². The molecule has 1 aliphatic carbocycles. The van der Waals surface area contributed by atoms with Crippen molar-refractivity contribution < 1.29 is 14.3 Å². The van der Waals surface area contributed by atoms with Gasteiger partial charge in [-0.05, 0) is 19.3 Å². The van der Waals surface area contributed by atoms with E-state index in [1.807, 2.05) is 0 Å². The third-order valence-electron chi connectivity index (χ3n) is 3.74. The van der Waals surface area contributed by atoms with Crippen LogP contribution in [0.5, 0.6) is 0 Å². The Labute approximate surface area is 109 Å². The Morgan fingerprint density at radius 3 is 2.67 bits per heavy atom. The molecule has 0 spiro atoms. The molecule has 0 heterocycles. The van der Waals surface area contributed by atoms with E-state index in [4.69, 9.17) is 4.74 Å². The van der Waals surface area contributed by atoms with Crippen LogP contribution < -0.4 is 5.32 Å². The Morgan fingerprint density at radius 2 is 2.06 bits per heavy atom. The maximum atomic E-state index is 11.5. The van der Waals surface area contributed by atoms with Gasteiger partial charge in [-0.2, -0.15) is 0 Å². The minimum Gasteiger partial charge on any atom is -0.449 e. The van der Waals surface area contributed by atoms with Gasteiger partial charge in [-0.25, -0.2) is 4.79 Å². The summed E-state index contributed by atoms with van der Waals surface area (Å²) in [6.45, 7) is 3.12. The number of aldehydes is 1. The van der Waals surface area contributed by atoms with Gasteiger partial charge in [0.15, 0.2) is 0 Å². The summed E-state index contributed by atoms with van der Waals surface area (Å²) < 4.78 is 5.28. The summed E-state index contributed by atoms with van der Waals surface area (Å²) in [5, 5.41) is 2.73. The first-order chi connectivity index (χ1) is 8.72. The monoisotopic (exact) mass is 255 g/mol. The fourth-order valence-electron chi connectivity index (χ4n) is 2.52. The molecule has 0 unspecified atom stereocenters. The molecule has 1 rings (SSSR count). The first-order valence-corrected chi connectivity index (χ1v) is 7.07. The summed E-state index contributed by atoms with van der Waals surface area (Å²) in [5.41, 5.74) is -0.0951. The third-order valence-corrected chi connectivity index (χ3v) is 3.74. The molecule has 18 heavy (non-hydrogen) atoms. The van der Waals surface area contributed by atoms with Crippen LogP contribution in [-0.2, 0) is 9.53 Å². The summed E-state index contributed by atoms with van der Waals surface area (Å²) in [7, 11) is 0. The second-order valence-electron chi connectivity index (χ2n) is 5.29.